The number of carbonyl (C=O) groups excluding carboxylic acids is 1. The number of H-pyrrole nitrogens is 1. The Bertz CT molecular complexity index is 685. The zero-order chi connectivity index (χ0) is 13.1. The molecule has 3 nitrogen and oxygen atoms in total. The molecule has 2 N–H and O–H groups in total. The third kappa shape index (κ3) is 2.69. The van der Waals surface area contributed by atoms with Crippen LogP contribution < -0.4 is 5.32 Å². The van der Waals surface area contributed by atoms with Crippen molar-refractivity contribution >= 4 is 33.8 Å². The summed E-state index contributed by atoms with van der Waals surface area (Å²) in [5.41, 5.74) is 1.82. The van der Waals surface area contributed by atoms with Crippen LogP contribution in [-0.4, -0.2) is 10.9 Å². The number of benzene rings is 1. The van der Waals surface area contributed by atoms with Gasteiger partial charge in [0, 0.05) is 22.9 Å². The second kappa shape index (κ2) is 5.28. The molecule has 0 saturated heterocycles. The van der Waals surface area contributed by atoms with Crippen LogP contribution in [0.5, 0.6) is 0 Å². The number of fused-ring (bicyclic) bond motifs is 1. The highest BCUT2D eigenvalue weighted by Crippen LogP contribution is 2.21. The minimum atomic E-state index is 0.0514. The molecule has 0 aliphatic carbocycles. The van der Waals surface area contributed by atoms with Crippen LogP contribution >= 0.6 is 11.3 Å². The molecule has 0 bridgehead atoms. The van der Waals surface area contributed by atoms with Gasteiger partial charge in [-0.2, -0.15) is 0 Å². The minimum absolute atomic E-state index is 0.0514. The Hall–Kier alpha value is -2.07. The predicted molar refractivity (Wildman–Crippen MR) is 79.6 cm³/mol. The number of thiophene rings is 1. The molecule has 0 atom stereocenters. The summed E-state index contributed by atoms with van der Waals surface area (Å²) >= 11 is 1.69. The van der Waals surface area contributed by atoms with Gasteiger partial charge >= 0.3 is 0 Å². The highest BCUT2D eigenvalue weighted by Gasteiger charge is 2.07. The molecular formula is C15H14N2OS. The zero-order valence-corrected chi connectivity index (χ0v) is 11.2. The highest BCUT2D eigenvalue weighted by molar-refractivity contribution is 7.09. The van der Waals surface area contributed by atoms with E-state index in [1.807, 2.05) is 41.9 Å². The summed E-state index contributed by atoms with van der Waals surface area (Å²) in [5, 5.41) is 6.11. The summed E-state index contributed by atoms with van der Waals surface area (Å²) in [7, 11) is 0. The van der Waals surface area contributed by atoms with E-state index in [9.17, 15) is 4.79 Å². The van der Waals surface area contributed by atoms with Gasteiger partial charge in [0.1, 0.15) is 0 Å². The third-order valence-corrected chi connectivity index (χ3v) is 3.98. The molecule has 2 heterocycles. The molecule has 0 aliphatic heterocycles. The molecule has 0 fully saturated rings. The number of amides is 1. The molecule has 1 amide bonds. The molecule has 1 aromatic carbocycles. The van der Waals surface area contributed by atoms with Crippen molar-refractivity contribution in [3.05, 3.63) is 52.9 Å². The Morgan fingerprint density at radius 2 is 2.16 bits per heavy atom. The summed E-state index contributed by atoms with van der Waals surface area (Å²) in [5.74, 6) is 0.0514. The van der Waals surface area contributed by atoms with Crippen LogP contribution in [0.25, 0.3) is 10.9 Å². The fourth-order valence-corrected chi connectivity index (χ4v) is 2.80. The molecule has 3 rings (SSSR count). The lowest BCUT2D eigenvalue weighted by Gasteiger charge is -2.06. The van der Waals surface area contributed by atoms with Crippen molar-refractivity contribution in [1.29, 1.82) is 0 Å². The summed E-state index contributed by atoms with van der Waals surface area (Å²) < 4.78 is 0. The number of rotatable bonds is 4. The van der Waals surface area contributed by atoms with E-state index in [2.05, 4.69) is 16.4 Å². The first kappa shape index (κ1) is 12.0. The van der Waals surface area contributed by atoms with E-state index in [1.165, 1.54) is 4.88 Å². The van der Waals surface area contributed by atoms with Crippen molar-refractivity contribution in [2.45, 2.75) is 12.8 Å². The third-order valence-electron chi connectivity index (χ3n) is 3.04. The Balaban J connectivity index is 1.67. The van der Waals surface area contributed by atoms with E-state index >= 15 is 0 Å². The molecule has 0 unspecified atom stereocenters. The van der Waals surface area contributed by atoms with Crippen LogP contribution in [0.1, 0.15) is 11.3 Å². The van der Waals surface area contributed by atoms with Gasteiger partial charge in [0.05, 0.1) is 11.2 Å². The smallest absolute Gasteiger partial charge is 0.224 e. The fraction of sp³-hybridized carbons (Fsp3) is 0.133. The van der Waals surface area contributed by atoms with Crippen molar-refractivity contribution in [2.75, 3.05) is 5.32 Å². The van der Waals surface area contributed by atoms with Crippen LogP contribution in [0, 0.1) is 0 Å². The maximum Gasteiger partial charge on any atom is 0.224 e. The van der Waals surface area contributed by atoms with Crippen molar-refractivity contribution in [1.82, 2.24) is 4.98 Å². The Morgan fingerprint density at radius 3 is 3.00 bits per heavy atom. The van der Waals surface area contributed by atoms with E-state index < -0.39 is 0 Å². The molecular weight excluding hydrogens is 256 g/mol. The van der Waals surface area contributed by atoms with Gasteiger partial charge in [-0.25, -0.2) is 0 Å². The monoisotopic (exact) mass is 270 g/mol. The van der Waals surface area contributed by atoms with Crippen LogP contribution in [0.15, 0.2) is 48.0 Å². The van der Waals surface area contributed by atoms with Crippen LogP contribution in [0.3, 0.4) is 0 Å². The van der Waals surface area contributed by atoms with Crippen molar-refractivity contribution < 1.29 is 4.79 Å². The van der Waals surface area contributed by atoms with E-state index in [0.717, 1.165) is 23.0 Å². The fourth-order valence-electron chi connectivity index (χ4n) is 2.09. The van der Waals surface area contributed by atoms with Gasteiger partial charge in [-0.1, -0.05) is 18.2 Å². The first-order chi connectivity index (χ1) is 9.33. The Morgan fingerprint density at radius 1 is 1.21 bits per heavy atom. The average Bonchev–Trinajstić information content (AvgIpc) is 3.08. The van der Waals surface area contributed by atoms with Gasteiger partial charge in [0.2, 0.25) is 5.91 Å². The Kier molecular flexibility index (Phi) is 3.33. The molecule has 0 spiro atoms. The largest absolute Gasteiger partial charge is 0.359 e. The lowest BCUT2D eigenvalue weighted by atomic mass is 10.2. The standard InChI is InChI=1S/C15H14N2OS/c18-14(7-6-12-4-2-10-19-12)17-13-5-1-3-11-8-9-16-15(11)13/h1-5,8-10,16H,6-7H2,(H,17,18). The number of para-hydroxylation sites is 1. The number of aryl methyl sites for hydroxylation is 1. The molecule has 2 aromatic heterocycles. The van der Waals surface area contributed by atoms with E-state index in [0.29, 0.717) is 6.42 Å². The number of anilines is 1. The zero-order valence-electron chi connectivity index (χ0n) is 10.3. The van der Waals surface area contributed by atoms with Gasteiger partial charge in [-0.05, 0) is 30.0 Å². The van der Waals surface area contributed by atoms with Gasteiger partial charge in [0.25, 0.3) is 0 Å². The second-order valence-corrected chi connectivity index (χ2v) is 5.41. The van der Waals surface area contributed by atoms with Gasteiger partial charge < -0.3 is 10.3 Å². The molecule has 0 saturated carbocycles. The van der Waals surface area contributed by atoms with E-state index in [-0.39, 0.29) is 5.91 Å². The highest BCUT2D eigenvalue weighted by atomic mass is 32.1. The van der Waals surface area contributed by atoms with Crippen LogP contribution in [0.2, 0.25) is 0 Å². The summed E-state index contributed by atoms with van der Waals surface area (Å²) in [6.45, 7) is 0. The van der Waals surface area contributed by atoms with Gasteiger partial charge in [-0.3, -0.25) is 4.79 Å². The van der Waals surface area contributed by atoms with Crippen molar-refractivity contribution in [2.24, 2.45) is 0 Å². The van der Waals surface area contributed by atoms with Crippen LogP contribution in [0.4, 0.5) is 5.69 Å². The quantitative estimate of drug-likeness (QED) is 0.744. The molecule has 3 aromatic rings. The molecule has 19 heavy (non-hydrogen) atoms. The average molecular weight is 270 g/mol. The first-order valence-corrected chi connectivity index (χ1v) is 7.09. The molecule has 96 valence electrons. The Labute approximate surface area is 115 Å². The first-order valence-electron chi connectivity index (χ1n) is 6.21. The van der Waals surface area contributed by atoms with Gasteiger partial charge in [0.15, 0.2) is 0 Å². The van der Waals surface area contributed by atoms with Crippen molar-refractivity contribution in [3.8, 4) is 0 Å². The number of hydrogen-bond donors (Lipinski definition) is 2. The maximum atomic E-state index is 12.0. The minimum Gasteiger partial charge on any atom is -0.359 e. The number of aromatic nitrogens is 1. The lowest BCUT2D eigenvalue weighted by molar-refractivity contribution is -0.116. The number of nitrogens with one attached hydrogen (secondary N) is 2. The molecule has 4 heteroatoms. The van der Waals surface area contributed by atoms with Gasteiger partial charge in [-0.15, -0.1) is 11.3 Å². The molecule has 0 aliphatic rings. The normalized spacial score (nSPS) is 10.7. The number of hydrogen-bond acceptors (Lipinski definition) is 2. The maximum absolute atomic E-state index is 12.0. The predicted octanol–water partition coefficient (Wildman–Crippen LogP) is 3.80. The SMILES string of the molecule is O=C(CCc1cccs1)Nc1cccc2cc[nH]c12. The van der Waals surface area contributed by atoms with Crippen molar-refractivity contribution in [3.63, 3.8) is 0 Å². The van der Waals surface area contributed by atoms with E-state index in [1.54, 1.807) is 11.3 Å². The lowest BCUT2D eigenvalue weighted by Crippen LogP contribution is -2.12. The summed E-state index contributed by atoms with van der Waals surface area (Å²) in [6.07, 6.45) is 3.19. The number of carbonyl (C=O) groups is 1. The van der Waals surface area contributed by atoms with Crippen LogP contribution in [-0.2, 0) is 11.2 Å². The number of aromatic amines is 1. The topological polar surface area (TPSA) is 44.9 Å². The molecule has 0 radical (unpaired) electrons. The summed E-state index contributed by atoms with van der Waals surface area (Å²) in [4.78, 5) is 16.3. The van der Waals surface area contributed by atoms with E-state index in [4.69, 9.17) is 0 Å². The summed E-state index contributed by atoms with van der Waals surface area (Å²) in [6, 6.07) is 12.0. The second-order valence-electron chi connectivity index (χ2n) is 4.38.